The Hall–Kier alpha value is -4.34. The number of ketones is 3. The molecule has 1 heterocycles. The van der Waals surface area contributed by atoms with Crippen LogP contribution in [0.25, 0.3) is 0 Å². The second kappa shape index (κ2) is 20.9. The molecule has 54 heavy (non-hydrogen) atoms. The summed E-state index contributed by atoms with van der Waals surface area (Å²) >= 11 is 0. The molecule has 0 spiro atoms. The standard InChI is InChI=1S/C44H63N3O7/c1-27(2)24-36(46-44(53)54-29(5)6)22-21-35(25-33-16-11-10-12-17-33)43(52)47-23-15-20-38(47)39(48)26-34(42(51)45-28(3)4)18-13-14-19-37-32(9)40(49)30(7)31(8)41(37)50/h10-12,16-17,21-22,27-29,34-36,38H,13-15,18-20,23-26H2,1-9H3,(H,45,51)(H,46,53)/b22-21+/t34-,35-,36-,38+/m1/s1. The van der Waals surface area contributed by atoms with Crippen LogP contribution in [0.1, 0.15) is 119 Å². The minimum Gasteiger partial charge on any atom is -0.447 e. The molecule has 2 aliphatic rings. The Balaban J connectivity index is 1.78. The Kier molecular flexibility index (Phi) is 17.1. The lowest BCUT2D eigenvalue weighted by molar-refractivity contribution is -0.140. The Labute approximate surface area is 322 Å². The molecule has 3 amide bonds. The lowest BCUT2D eigenvalue weighted by Crippen LogP contribution is -2.45. The number of ether oxygens (including phenoxy) is 1. The molecule has 296 valence electrons. The van der Waals surface area contributed by atoms with E-state index in [-0.39, 0.29) is 59.7 Å². The van der Waals surface area contributed by atoms with Crippen LogP contribution >= 0.6 is 0 Å². The predicted octanol–water partition coefficient (Wildman–Crippen LogP) is 7.41. The number of nitrogens with one attached hydrogen (secondary N) is 2. The quantitative estimate of drug-likeness (QED) is 0.0855. The van der Waals surface area contributed by atoms with E-state index in [1.165, 1.54) is 0 Å². The van der Waals surface area contributed by atoms with Gasteiger partial charge in [0.25, 0.3) is 0 Å². The van der Waals surface area contributed by atoms with Crippen LogP contribution in [-0.4, -0.2) is 70.9 Å². The van der Waals surface area contributed by atoms with E-state index in [2.05, 4.69) is 24.5 Å². The number of rotatable bonds is 19. The molecule has 1 aromatic rings. The zero-order valence-corrected chi connectivity index (χ0v) is 34.0. The largest absolute Gasteiger partial charge is 0.447 e. The van der Waals surface area contributed by atoms with Gasteiger partial charge in [0.1, 0.15) is 0 Å². The molecular formula is C44H63N3O7. The molecule has 1 aliphatic carbocycles. The second-order valence-corrected chi connectivity index (χ2v) is 16.0. The summed E-state index contributed by atoms with van der Waals surface area (Å²) in [6.45, 7) is 17.0. The van der Waals surface area contributed by atoms with Gasteiger partial charge in [-0.3, -0.25) is 24.0 Å². The average Bonchev–Trinajstić information content (AvgIpc) is 3.60. The van der Waals surface area contributed by atoms with Gasteiger partial charge in [-0.2, -0.15) is 0 Å². The topological polar surface area (TPSA) is 139 Å². The van der Waals surface area contributed by atoms with Gasteiger partial charge in [0, 0.05) is 47.2 Å². The number of allylic oxidation sites excluding steroid dienone is 4. The third-order valence-electron chi connectivity index (χ3n) is 10.3. The maximum absolute atomic E-state index is 14.4. The van der Waals surface area contributed by atoms with Crippen molar-refractivity contribution in [2.45, 2.75) is 144 Å². The molecule has 1 saturated heterocycles. The number of carbonyl (C=O) groups is 6. The number of nitrogens with zero attached hydrogens (tertiary/aromatic N) is 1. The van der Waals surface area contributed by atoms with E-state index in [4.69, 9.17) is 4.74 Å². The molecule has 10 heteroatoms. The number of amides is 3. The van der Waals surface area contributed by atoms with E-state index >= 15 is 0 Å². The lowest BCUT2D eigenvalue weighted by Gasteiger charge is -2.29. The normalized spacial score (nSPS) is 18.2. The molecule has 1 aromatic carbocycles. The molecule has 10 nitrogen and oxygen atoms in total. The zero-order chi connectivity index (χ0) is 40.1. The number of hydrogen-bond donors (Lipinski definition) is 2. The van der Waals surface area contributed by atoms with Gasteiger partial charge in [0.05, 0.1) is 24.1 Å². The van der Waals surface area contributed by atoms with E-state index in [1.807, 2.05) is 56.3 Å². The Morgan fingerprint density at radius 2 is 1.54 bits per heavy atom. The third kappa shape index (κ3) is 12.9. The van der Waals surface area contributed by atoms with Gasteiger partial charge in [0.2, 0.25) is 11.8 Å². The highest BCUT2D eigenvalue weighted by Crippen LogP contribution is 2.30. The fourth-order valence-electron chi connectivity index (χ4n) is 7.30. The van der Waals surface area contributed by atoms with Gasteiger partial charge in [-0.05, 0) is 105 Å². The van der Waals surface area contributed by atoms with Crippen LogP contribution in [0, 0.1) is 17.8 Å². The minimum atomic E-state index is -0.638. The molecule has 4 atom stereocenters. The maximum atomic E-state index is 14.4. The number of hydrogen-bond acceptors (Lipinski definition) is 7. The highest BCUT2D eigenvalue weighted by atomic mass is 16.6. The van der Waals surface area contributed by atoms with Crippen LogP contribution in [0.5, 0.6) is 0 Å². The van der Waals surface area contributed by atoms with Gasteiger partial charge in [-0.1, -0.05) is 62.8 Å². The molecule has 0 radical (unpaired) electrons. The average molecular weight is 746 g/mol. The SMILES string of the molecule is CC1=C(C)C(=O)C(CCCC[C@H](CC(=O)[C@@H]2CCCN2C(=O)[C@H](/C=C/[C@H](CC(C)C)NC(=O)OC(C)C)Cc2ccccc2)C(=O)NC(C)C)=C(C)C1=O. The lowest BCUT2D eigenvalue weighted by atomic mass is 9.83. The van der Waals surface area contributed by atoms with Crippen molar-refractivity contribution in [1.82, 2.24) is 15.5 Å². The zero-order valence-electron chi connectivity index (χ0n) is 34.0. The Morgan fingerprint density at radius 1 is 0.870 bits per heavy atom. The van der Waals surface area contributed by atoms with Crippen molar-refractivity contribution >= 4 is 35.3 Å². The number of Topliss-reactive ketones (excluding diaryl/α,β-unsaturated/α-hetero) is 3. The van der Waals surface area contributed by atoms with E-state index in [1.54, 1.807) is 39.5 Å². The van der Waals surface area contributed by atoms with Crippen molar-refractivity contribution in [3.63, 3.8) is 0 Å². The second-order valence-electron chi connectivity index (χ2n) is 16.0. The van der Waals surface area contributed by atoms with Crippen LogP contribution in [0.15, 0.2) is 64.8 Å². The van der Waals surface area contributed by atoms with Crippen molar-refractivity contribution in [2.75, 3.05) is 6.54 Å². The van der Waals surface area contributed by atoms with Crippen molar-refractivity contribution in [3.05, 3.63) is 70.3 Å². The number of alkyl carbamates (subject to hydrolysis) is 1. The first-order chi connectivity index (χ1) is 25.5. The van der Waals surface area contributed by atoms with Crippen LogP contribution in [0.3, 0.4) is 0 Å². The van der Waals surface area contributed by atoms with Crippen LogP contribution < -0.4 is 10.6 Å². The van der Waals surface area contributed by atoms with E-state index in [0.717, 1.165) is 5.56 Å². The molecule has 3 rings (SSSR count). The summed E-state index contributed by atoms with van der Waals surface area (Å²) in [5.74, 6) is -1.58. The molecule has 0 bridgehead atoms. The number of unbranched alkanes of at least 4 members (excludes halogenated alkanes) is 1. The Morgan fingerprint density at radius 3 is 2.17 bits per heavy atom. The molecule has 0 aromatic heterocycles. The van der Waals surface area contributed by atoms with E-state index in [9.17, 15) is 28.8 Å². The van der Waals surface area contributed by atoms with Gasteiger partial charge >= 0.3 is 6.09 Å². The van der Waals surface area contributed by atoms with Gasteiger partial charge in [-0.25, -0.2) is 4.79 Å². The number of benzene rings is 1. The molecule has 0 unspecified atom stereocenters. The van der Waals surface area contributed by atoms with Gasteiger partial charge in [-0.15, -0.1) is 0 Å². The van der Waals surface area contributed by atoms with Crippen LogP contribution in [0.2, 0.25) is 0 Å². The smallest absolute Gasteiger partial charge is 0.407 e. The number of carbonyl (C=O) groups excluding carboxylic acids is 6. The Bertz CT molecular complexity index is 1600. The first-order valence-corrected chi connectivity index (χ1v) is 19.8. The third-order valence-corrected chi connectivity index (χ3v) is 10.3. The first-order valence-electron chi connectivity index (χ1n) is 19.8. The minimum absolute atomic E-state index is 0.00468. The summed E-state index contributed by atoms with van der Waals surface area (Å²) in [4.78, 5) is 81.6. The first kappa shape index (κ1) is 44.1. The van der Waals surface area contributed by atoms with Crippen LogP contribution in [0.4, 0.5) is 4.79 Å². The summed E-state index contributed by atoms with van der Waals surface area (Å²) in [6, 6.07) is 8.64. The van der Waals surface area contributed by atoms with Gasteiger partial charge in [0.15, 0.2) is 17.3 Å². The van der Waals surface area contributed by atoms with Crippen molar-refractivity contribution in [3.8, 4) is 0 Å². The molecule has 0 saturated carbocycles. The highest BCUT2D eigenvalue weighted by molar-refractivity contribution is 6.24. The predicted molar refractivity (Wildman–Crippen MR) is 211 cm³/mol. The van der Waals surface area contributed by atoms with Gasteiger partial charge < -0.3 is 20.3 Å². The molecular weight excluding hydrogens is 682 g/mol. The summed E-state index contributed by atoms with van der Waals surface area (Å²) in [5, 5.41) is 5.90. The molecule has 1 fully saturated rings. The summed E-state index contributed by atoms with van der Waals surface area (Å²) in [5.41, 5.74) is 2.97. The molecule has 1 aliphatic heterocycles. The summed E-state index contributed by atoms with van der Waals surface area (Å²) < 4.78 is 5.33. The maximum Gasteiger partial charge on any atom is 0.407 e. The fraction of sp³-hybridized carbons (Fsp3) is 0.591. The van der Waals surface area contributed by atoms with Crippen LogP contribution in [-0.2, 0) is 35.1 Å². The highest BCUT2D eigenvalue weighted by Gasteiger charge is 2.38. The van der Waals surface area contributed by atoms with Crippen molar-refractivity contribution in [2.24, 2.45) is 17.8 Å². The van der Waals surface area contributed by atoms with E-state index in [0.29, 0.717) is 80.2 Å². The number of likely N-dealkylation sites (tertiary alicyclic amines) is 1. The van der Waals surface area contributed by atoms with E-state index < -0.39 is 24.0 Å². The summed E-state index contributed by atoms with van der Waals surface area (Å²) in [6.07, 6.45) is 7.31. The summed E-state index contributed by atoms with van der Waals surface area (Å²) in [7, 11) is 0. The van der Waals surface area contributed by atoms with Crippen molar-refractivity contribution in [1.29, 1.82) is 0 Å². The van der Waals surface area contributed by atoms with Crippen molar-refractivity contribution < 1.29 is 33.5 Å². The monoisotopic (exact) mass is 745 g/mol. The molecule has 2 N–H and O–H groups in total. The fourth-order valence-corrected chi connectivity index (χ4v) is 7.30.